The number of pyridine rings is 1. The summed E-state index contributed by atoms with van der Waals surface area (Å²) >= 11 is 0. The predicted molar refractivity (Wildman–Crippen MR) is 182 cm³/mol. The highest BCUT2D eigenvalue weighted by molar-refractivity contribution is 6.47. The number of hydrogen-bond acceptors (Lipinski definition) is 3. The Balaban J connectivity index is 1.49. The number of benzene rings is 5. The zero-order valence-corrected chi connectivity index (χ0v) is 25.6. The van der Waals surface area contributed by atoms with E-state index in [1.807, 2.05) is 13.8 Å². The van der Waals surface area contributed by atoms with Crippen LogP contribution in [0.15, 0.2) is 121 Å². The molecule has 2 aliphatic carbocycles. The number of aromatic nitrogens is 1. The maximum atomic E-state index is 10.8. The molecule has 0 atom stereocenters. The number of hydrogen-bond donors (Lipinski definition) is 1. The van der Waals surface area contributed by atoms with Crippen LogP contribution in [-0.4, -0.2) is 28.8 Å². The van der Waals surface area contributed by atoms with Crippen molar-refractivity contribution in [2.24, 2.45) is 0 Å². The van der Waals surface area contributed by atoms with Crippen molar-refractivity contribution in [2.45, 2.75) is 44.3 Å². The summed E-state index contributed by atoms with van der Waals surface area (Å²) in [5.74, 6) is 0. The molecule has 44 heavy (non-hydrogen) atoms. The number of rotatable bonds is 5. The van der Waals surface area contributed by atoms with E-state index in [9.17, 15) is 5.11 Å². The van der Waals surface area contributed by atoms with Gasteiger partial charge in [0, 0.05) is 16.5 Å². The van der Waals surface area contributed by atoms with E-state index in [0.29, 0.717) is 7.48 Å². The Labute approximate surface area is 259 Å². The lowest BCUT2D eigenvalue weighted by molar-refractivity contribution is -0.0893. The lowest BCUT2D eigenvalue weighted by Crippen LogP contribution is -2.49. The van der Waals surface area contributed by atoms with E-state index in [2.05, 4.69) is 121 Å². The third-order valence-electron chi connectivity index (χ3n) is 10.1. The Morgan fingerprint density at radius 2 is 1.25 bits per heavy atom. The first-order valence-electron chi connectivity index (χ1n) is 15.4. The summed E-state index contributed by atoms with van der Waals surface area (Å²) in [6, 6.07) is 43.8. The van der Waals surface area contributed by atoms with Crippen LogP contribution in [0.25, 0.3) is 44.4 Å². The van der Waals surface area contributed by atoms with Gasteiger partial charge in [-0.2, -0.15) is 0 Å². The molecule has 3 nitrogen and oxygen atoms in total. The van der Waals surface area contributed by atoms with Crippen LogP contribution in [0.1, 0.15) is 49.9 Å². The number of nitrogens with zero attached hydrogens (tertiary/aromatic N) is 1. The van der Waals surface area contributed by atoms with Crippen molar-refractivity contribution < 1.29 is 9.76 Å². The third kappa shape index (κ3) is 3.68. The van der Waals surface area contributed by atoms with Crippen LogP contribution in [0.4, 0.5) is 0 Å². The van der Waals surface area contributed by atoms with Crippen LogP contribution in [0.2, 0.25) is 0 Å². The Kier molecular flexibility index (Phi) is 5.84. The first-order chi connectivity index (χ1) is 21.2. The smallest absolute Gasteiger partial charge is 0.309 e. The molecule has 0 amide bonds. The minimum absolute atomic E-state index is 0.390. The van der Waals surface area contributed by atoms with Crippen LogP contribution in [0, 0.1) is 0 Å². The van der Waals surface area contributed by atoms with Gasteiger partial charge in [0.15, 0.2) is 0 Å². The van der Waals surface area contributed by atoms with Gasteiger partial charge in [0.1, 0.15) is 0 Å². The maximum absolute atomic E-state index is 10.8. The van der Waals surface area contributed by atoms with Gasteiger partial charge >= 0.3 is 7.48 Å². The van der Waals surface area contributed by atoms with Crippen LogP contribution in [0.3, 0.4) is 0 Å². The second-order valence-electron chi connectivity index (χ2n) is 13.2. The van der Waals surface area contributed by atoms with Crippen LogP contribution < -0.4 is 5.46 Å². The van der Waals surface area contributed by atoms with Crippen molar-refractivity contribution >= 4 is 23.8 Å². The van der Waals surface area contributed by atoms with Crippen LogP contribution in [0.5, 0.6) is 0 Å². The standard InChI is InChI=1S/C40H34BNO2/c1-38(2,43)39(3,4)44-41-26-22-23-33-30(24-26)35-36(29-18-10-13-21-34(29)42-37(35)25-14-6-5-7-15-25)40(33)31-19-11-8-16-27(31)28-17-9-12-20-32(28)40/h5-24,41,43H,1-4H3. The molecule has 1 spiro atoms. The monoisotopic (exact) mass is 571 g/mol. The molecule has 0 radical (unpaired) electrons. The van der Waals surface area contributed by atoms with Crippen LogP contribution in [-0.2, 0) is 10.1 Å². The van der Waals surface area contributed by atoms with E-state index in [0.717, 1.165) is 22.2 Å². The molecule has 1 heterocycles. The van der Waals surface area contributed by atoms with Gasteiger partial charge in [-0.1, -0.05) is 121 Å². The van der Waals surface area contributed by atoms with Gasteiger partial charge in [0.05, 0.1) is 27.8 Å². The molecule has 0 saturated carbocycles. The Morgan fingerprint density at radius 1 is 0.659 bits per heavy atom. The third-order valence-corrected chi connectivity index (χ3v) is 10.1. The lowest BCUT2D eigenvalue weighted by Gasteiger charge is -2.37. The van der Waals surface area contributed by atoms with Gasteiger partial charge in [0.25, 0.3) is 0 Å². The normalized spacial score (nSPS) is 14.3. The summed E-state index contributed by atoms with van der Waals surface area (Å²) in [6.45, 7) is 7.49. The topological polar surface area (TPSA) is 42.4 Å². The van der Waals surface area contributed by atoms with E-state index < -0.39 is 16.6 Å². The molecule has 6 aromatic rings. The SMILES string of the molecule is CC(C)(O)C(C)(C)OBc1ccc2c(c1)-c1c(-c3ccccc3)nc3ccccc3c1C21c2ccccc2-c2ccccc21. The lowest BCUT2D eigenvalue weighted by atomic mass is 9.69. The summed E-state index contributed by atoms with van der Waals surface area (Å²) in [7, 11) is 0.390. The second kappa shape index (κ2) is 9.50. The Hall–Kier alpha value is -4.51. The molecule has 8 rings (SSSR count). The fraction of sp³-hybridized carbons (Fsp3) is 0.175. The molecular weight excluding hydrogens is 537 g/mol. The first kappa shape index (κ1) is 27.1. The largest absolute Gasteiger partial charge is 0.427 e. The molecule has 214 valence electrons. The molecule has 0 fully saturated rings. The highest BCUT2D eigenvalue weighted by Gasteiger charge is 2.53. The van der Waals surface area contributed by atoms with Gasteiger partial charge < -0.3 is 9.76 Å². The summed E-state index contributed by atoms with van der Waals surface area (Å²) in [5.41, 5.74) is 12.1. The van der Waals surface area contributed by atoms with Gasteiger partial charge in [0.2, 0.25) is 0 Å². The van der Waals surface area contributed by atoms with E-state index >= 15 is 0 Å². The Bertz CT molecular complexity index is 2050. The Morgan fingerprint density at radius 3 is 1.93 bits per heavy atom. The number of aliphatic hydroxyl groups is 1. The van der Waals surface area contributed by atoms with Crippen molar-refractivity contribution in [3.8, 4) is 33.5 Å². The van der Waals surface area contributed by atoms with Gasteiger partial charge in [-0.15, -0.1) is 0 Å². The van der Waals surface area contributed by atoms with E-state index in [1.165, 1.54) is 49.9 Å². The summed E-state index contributed by atoms with van der Waals surface area (Å²) < 4.78 is 6.38. The molecule has 0 aliphatic heterocycles. The molecule has 1 aromatic heterocycles. The quantitative estimate of drug-likeness (QED) is 0.215. The average molecular weight is 572 g/mol. The van der Waals surface area contributed by atoms with Gasteiger partial charge in [-0.05, 0) is 72.7 Å². The van der Waals surface area contributed by atoms with Crippen LogP contribution >= 0.6 is 0 Å². The first-order valence-corrected chi connectivity index (χ1v) is 15.4. The van der Waals surface area contributed by atoms with Gasteiger partial charge in [-0.3, -0.25) is 0 Å². The zero-order chi connectivity index (χ0) is 30.3. The van der Waals surface area contributed by atoms with Crippen molar-refractivity contribution in [3.63, 3.8) is 0 Å². The van der Waals surface area contributed by atoms with Crippen molar-refractivity contribution in [1.82, 2.24) is 4.98 Å². The molecule has 2 aliphatic rings. The molecule has 5 aromatic carbocycles. The van der Waals surface area contributed by atoms with E-state index in [4.69, 9.17) is 9.64 Å². The highest BCUT2D eigenvalue weighted by Crippen LogP contribution is 2.64. The van der Waals surface area contributed by atoms with Gasteiger partial charge in [-0.25, -0.2) is 4.98 Å². The molecule has 0 unspecified atom stereocenters. The minimum atomic E-state index is -0.985. The predicted octanol–water partition coefficient (Wildman–Crippen LogP) is 7.79. The maximum Gasteiger partial charge on any atom is 0.309 e. The highest BCUT2D eigenvalue weighted by atomic mass is 16.5. The zero-order valence-electron chi connectivity index (χ0n) is 25.6. The van der Waals surface area contributed by atoms with Crippen molar-refractivity contribution in [1.29, 1.82) is 0 Å². The molecule has 0 saturated heterocycles. The van der Waals surface area contributed by atoms with E-state index in [1.54, 1.807) is 13.8 Å². The molecular formula is C40H34BNO2. The summed E-state index contributed by atoms with van der Waals surface area (Å²) in [4.78, 5) is 5.37. The average Bonchev–Trinajstić information content (AvgIpc) is 3.51. The minimum Gasteiger partial charge on any atom is -0.427 e. The molecule has 1 N–H and O–H groups in total. The van der Waals surface area contributed by atoms with E-state index in [-0.39, 0.29) is 0 Å². The molecule has 0 bridgehead atoms. The second-order valence-corrected chi connectivity index (χ2v) is 13.2. The van der Waals surface area contributed by atoms with Crippen molar-refractivity contribution in [2.75, 3.05) is 0 Å². The fourth-order valence-corrected chi connectivity index (χ4v) is 7.25. The van der Waals surface area contributed by atoms with Crippen molar-refractivity contribution in [3.05, 3.63) is 144 Å². The number of fused-ring (bicyclic) bond motifs is 12. The summed E-state index contributed by atoms with van der Waals surface area (Å²) in [6.07, 6.45) is 0. The number of para-hydroxylation sites is 1. The molecule has 4 heteroatoms. The fourth-order valence-electron chi connectivity index (χ4n) is 7.25. The summed E-state index contributed by atoms with van der Waals surface area (Å²) in [5, 5.41) is 11.9.